The van der Waals surface area contributed by atoms with E-state index in [1.807, 2.05) is 26.0 Å². The van der Waals surface area contributed by atoms with E-state index >= 15 is 0 Å². The fourth-order valence-corrected chi connectivity index (χ4v) is 2.37. The van der Waals surface area contributed by atoms with Gasteiger partial charge < -0.3 is 15.6 Å². The Morgan fingerprint density at radius 2 is 2.21 bits per heavy atom. The van der Waals surface area contributed by atoms with E-state index in [1.54, 1.807) is 11.8 Å². The number of hydrogen-bond acceptors (Lipinski definition) is 4. The van der Waals surface area contributed by atoms with E-state index < -0.39 is 12.0 Å². The highest BCUT2D eigenvalue weighted by atomic mass is 32.2. The molecule has 0 fully saturated rings. The second kappa shape index (κ2) is 8.07. The molecule has 3 N–H and O–H groups in total. The van der Waals surface area contributed by atoms with Crippen LogP contribution in [-0.2, 0) is 4.79 Å². The Bertz CT molecular complexity index is 423. The molecule has 0 spiro atoms. The predicted molar refractivity (Wildman–Crippen MR) is 79.0 cm³/mol. The van der Waals surface area contributed by atoms with Gasteiger partial charge in [-0.15, -0.1) is 0 Å². The first-order valence-corrected chi connectivity index (χ1v) is 7.42. The topological polar surface area (TPSA) is 72.5 Å². The van der Waals surface area contributed by atoms with Gasteiger partial charge in [0, 0.05) is 5.75 Å². The second-order valence-electron chi connectivity index (χ2n) is 4.49. The molecule has 0 saturated heterocycles. The van der Waals surface area contributed by atoms with Crippen molar-refractivity contribution in [1.29, 1.82) is 0 Å². The van der Waals surface area contributed by atoms with E-state index in [-0.39, 0.29) is 0 Å². The predicted octanol–water partition coefficient (Wildman–Crippen LogP) is 2.22. The summed E-state index contributed by atoms with van der Waals surface area (Å²) in [7, 11) is 0. The van der Waals surface area contributed by atoms with Crippen LogP contribution in [0.5, 0.6) is 5.75 Å². The quantitative estimate of drug-likeness (QED) is 0.716. The van der Waals surface area contributed by atoms with Gasteiger partial charge in [-0.05, 0) is 43.2 Å². The van der Waals surface area contributed by atoms with Crippen molar-refractivity contribution in [2.24, 2.45) is 5.73 Å². The molecule has 19 heavy (non-hydrogen) atoms. The summed E-state index contributed by atoms with van der Waals surface area (Å²) in [6.07, 6.45) is 0.879. The van der Waals surface area contributed by atoms with Gasteiger partial charge in [-0.1, -0.05) is 12.1 Å². The number of thioether (sulfide) groups is 1. The van der Waals surface area contributed by atoms with Gasteiger partial charge in [0.2, 0.25) is 0 Å². The van der Waals surface area contributed by atoms with Crippen molar-refractivity contribution in [2.75, 3.05) is 18.1 Å². The molecule has 106 valence electrons. The maximum atomic E-state index is 10.5. The molecule has 1 rings (SSSR count). The zero-order chi connectivity index (χ0) is 14.3. The van der Waals surface area contributed by atoms with Crippen molar-refractivity contribution in [3.8, 4) is 5.75 Å². The highest BCUT2D eigenvalue weighted by Gasteiger charge is 2.10. The van der Waals surface area contributed by atoms with Gasteiger partial charge in [0.25, 0.3) is 0 Å². The van der Waals surface area contributed by atoms with Crippen LogP contribution in [0.25, 0.3) is 0 Å². The van der Waals surface area contributed by atoms with Crippen LogP contribution in [-0.4, -0.2) is 35.2 Å². The molecular weight excluding hydrogens is 262 g/mol. The maximum Gasteiger partial charge on any atom is 0.321 e. The fraction of sp³-hybridized carbons (Fsp3) is 0.500. The summed E-state index contributed by atoms with van der Waals surface area (Å²) < 4.78 is 5.71. The Labute approximate surface area is 118 Å². The van der Waals surface area contributed by atoms with Crippen LogP contribution in [0.15, 0.2) is 18.2 Å². The van der Waals surface area contributed by atoms with Crippen molar-refractivity contribution in [1.82, 2.24) is 0 Å². The lowest BCUT2D eigenvalue weighted by molar-refractivity contribution is -0.137. The third-order valence-corrected chi connectivity index (χ3v) is 3.82. The van der Waals surface area contributed by atoms with Crippen molar-refractivity contribution >= 4 is 17.7 Å². The lowest BCUT2D eigenvalue weighted by Crippen LogP contribution is -2.32. The molecule has 0 saturated carbocycles. The van der Waals surface area contributed by atoms with Crippen LogP contribution in [0.4, 0.5) is 0 Å². The first-order chi connectivity index (χ1) is 9.00. The number of aryl methyl sites for hydroxylation is 2. The molecule has 0 amide bonds. The third kappa shape index (κ3) is 5.98. The number of carboxylic acids is 1. The van der Waals surface area contributed by atoms with Gasteiger partial charge in [-0.3, -0.25) is 4.79 Å². The number of rotatable bonds is 8. The molecule has 0 aliphatic heterocycles. The summed E-state index contributed by atoms with van der Waals surface area (Å²) >= 11 is 1.55. The van der Waals surface area contributed by atoms with E-state index in [4.69, 9.17) is 15.6 Å². The molecule has 0 bridgehead atoms. The zero-order valence-corrected chi connectivity index (χ0v) is 12.2. The number of aliphatic carboxylic acids is 1. The summed E-state index contributed by atoms with van der Waals surface area (Å²) in [5.41, 5.74) is 7.72. The van der Waals surface area contributed by atoms with Gasteiger partial charge in [0.15, 0.2) is 0 Å². The van der Waals surface area contributed by atoms with E-state index in [0.29, 0.717) is 12.4 Å². The number of carboxylic acid groups (broad SMARTS) is 1. The first-order valence-electron chi connectivity index (χ1n) is 6.27. The molecule has 1 atom stereocenters. The number of hydrogen-bond donors (Lipinski definition) is 2. The summed E-state index contributed by atoms with van der Waals surface area (Å²) in [6.45, 7) is 4.70. The molecule has 0 radical (unpaired) electrons. The Hall–Kier alpha value is -1.20. The van der Waals surface area contributed by atoms with Gasteiger partial charge in [0.1, 0.15) is 11.8 Å². The average Bonchev–Trinajstić information content (AvgIpc) is 2.37. The average molecular weight is 283 g/mol. The lowest BCUT2D eigenvalue weighted by Gasteiger charge is -2.10. The summed E-state index contributed by atoms with van der Waals surface area (Å²) in [5, 5.41) is 8.63. The van der Waals surface area contributed by atoms with Crippen LogP contribution in [0, 0.1) is 13.8 Å². The summed E-state index contributed by atoms with van der Waals surface area (Å²) in [5.74, 6) is 1.27. The fourth-order valence-electron chi connectivity index (χ4n) is 1.49. The molecule has 1 aromatic carbocycles. The first kappa shape index (κ1) is 15.9. The standard InChI is InChI=1S/C14H21NO3S/c1-10-4-5-11(2)13(8-10)18-6-3-7-19-9-12(15)14(16)17/h4-5,8,12H,3,6-7,9,15H2,1-2H3,(H,16,17)/t12-/m0/s1. The van der Waals surface area contributed by atoms with Gasteiger partial charge in [-0.25, -0.2) is 0 Å². The van der Waals surface area contributed by atoms with Gasteiger partial charge in [0.05, 0.1) is 6.61 Å². The molecule has 0 heterocycles. The van der Waals surface area contributed by atoms with Crippen molar-refractivity contribution < 1.29 is 14.6 Å². The Morgan fingerprint density at radius 1 is 1.47 bits per heavy atom. The van der Waals surface area contributed by atoms with E-state index in [2.05, 4.69) is 6.07 Å². The molecule has 4 nitrogen and oxygen atoms in total. The maximum absolute atomic E-state index is 10.5. The largest absolute Gasteiger partial charge is 0.493 e. The highest BCUT2D eigenvalue weighted by Crippen LogP contribution is 2.19. The minimum absolute atomic E-state index is 0.443. The molecule has 5 heteroatoms. The number of nitrogens with two attached hydrogens (primary N) is 1. The molecule has 1 aromatic rings. The van der Waals surface area contributed by atoms with Crippen molar-refractivity contribution in [3.05, 3.63) is 29.3 Å². The highest BCUT2D eigenvalue weighted by molar-refractivity contribution is 7.99. The van der Waals surface area contributed by atoms with Crippen LogP contribution in [0.3, 0.4) is 0 Å². The molecule has 0 unspecified atom stereocenters. The van der Waals surface area contributed by atoms with E-state index in [1.165, 1.54) is 5.56 Å². The minimum Gasteiger partial charge on any atom is -0.493 e. The Balaban J connectivity index is 2.17. The van der Waals surface area contributed by atoms with Crippen LogP contribution in [0.1, 0.15) is 17.5 Å². The smallest absolute Gasteiger partial charge is 0.321 e. The number of benzene rings is 1. The number of ether oxygens (including phenoxy) is 1. The summed E-state index contributed by atoms with van der Waals surface area (Å²) in [6, 6.07) is 5.37. The van der Waals surface area contributed by atoms with E-state index in [0.717, 1.165) is 23.5 Å². The van der Waals surface area contributed by atoms with E-state index in [9.17, 15) is 4.79 Å². The van der Waals surface area contributed by atoms with Crippen molar-refractivity contribution in [3.63, 3.8) is 0 Å². The minimum atomic E-state index is -0.945. The van der Waals surface area contributed by atoms with Crippen molar-refractivity contribution in [2.45, 2.75) is 26.3 Å². The van der Waals surface area contributed by atoms with Gasteiger partial charge in [-0.2, -0.15) is 11.8 Å². The van der Waals surface area contributed by atoms with Crippen LogP contribution in [0.2, 0.25) is 0 Å². The second-order valence-corrected chi connectivity index (χ2v) is 5.64. The van der Waals surface area contributed by atoms with Crippen LogP contribution < -0.4 is 10.5 Å². The molecular formula is C14H21NO3S. The zero-order valence-electron chi connectivity index (χ0n) is 11.4. The lowest BCUT2D eigenvalue weighted by atomic mass is 10.1. The van der Waals surface area contributed by atoms with Gasteiger partial charge >= 0.3 is 5.97 Å². The molecule has 0 aliphatic rings. The normalized spacial score (nSPS) is 12.2. The Kier molecular flexibility index (Phi) is 6.73. The molecule has 0 aromatic heterocycles. The number of carbonyl (C=O) groups is 1. The third-order valence-electron chi connectivity index (χ3n) is 2.65. The monoisotopic (exact) mass is 283 g/mol. The van der Waals surface area contributed by atoms with Crippen LogP contribution >= 0.6 is 11.8 Å². The SMILES string of the molecule is Cc1ccc(C)c(OCCCSC[C@H](N)C(=O)O)c1. The summed E-state index contributed by atoms with van der Waals surface area (Å²) in [4.78, 5) is 10.5. The molecule has 0 aliphatic carbocycles. The Morgan fingerprint density at radius 3 is 2.89 bits per heavy atom.